The minimum Gasteiger partial charge on any atom is -0.490 e. The topological polar surface area (TPSA) is 123 Å². The summed E-state index contributed by atoms with van der Waals surface area (Å²) in [5.74, 6) is -0.786. The molecular formula is C31H29Br2N3O7. The predicted molar refractivity (Wildman–Crippen MR) is 170 cm³/mol. The lowest BCUT2D eigenvalue weighted by Crippen LogP contribution is -2.54. The number of nitrogens with one attached hydrogen (secondary N) is 2. The van der Waals surface area contributed by atoms with Crippen molar-refractivity contribution in [2.75, 3.05) is 30.0 Å². The van der Waals surface area contributed by atoms with Crippen molar-refractivity contribution >= 4 is 73.1 Å². The number of benzene rings is 3. The lowest BCUT2D eigenvalue weighted by Gasteiger charge is -2.27. The maximum absolute atomic E-state index is 13.5. The number of barbiturate groups is 1. The summed E-state index contributed by atoms with van der Waals surface area (Å²) in [4.78, 5) is 52.2. The smallest absolute Gasteiger partial charge is 0.335 e. The highest BCUT2D eigenvalue weighted by atomic mass is 79.9. The van der Waals surface area contributed by atoms with Gasteiger partial charge in [-0.2, -0.15) is 0 Å². The van der Waals surface area contributed by atoms with E-state index in [-0.39, 0.29) is 23.8 Å². The van der Waals surface area contributed by atoms with E-state index in [1.54, 1.807) is 43.3 Å². The number of rotatable bonds is 11. The van der Waals surface area contributed by atoms with E-state index in [0.717, 1.165) is 16.9 Å². The number of imide groups is 2. The lowest BCUT2D eigenvalue weighted by atomic mass is 10.1. The molecule has 0 aromatic heterocycles. The van der Waals surface area contributed by atoms with E-state index >= 15 is 0 Å². The minimum atomic E-state index is -0.883. The van der Waals surface area contributed by atoms with Crippen molar-refractivity contribution in [1.29, 1.82) is 0 Å². The molecule has 0 spiro atoms. The summed E-state index contributed by atoms with van der Waals surface area (Å²) in [6.07, 6.45) is 2.15. The molecule has 1 aliphatic rings. The van der Waals surface area contributed by atoms with Gasteiger partial charge in [-0.25, -0.2) is 9.69 Å². The molecule has 43 heavy (non-hydrogen) atoms. The Bertz CT molecular complexity index is 1570. The average Bonchev–Trinajstić information content (AvgIpc) is 2.95. The number of carbonyl (C=O) groups excluding carboxylic acids is 4. The molecule has 3 aromatic carbocycles. The van der Waals surface area contributed by atoms with Crippen LogP contribution in [0.15, 0.2) is 69.1 Å². The van der Waals surface area contributed by atoms with Crippen LogP contribution in [0.1, 0.15) is 31.4 Å². The number of hydrogen-bond donors (Lipinski definition) is 2. The third-order valence-electron chi connectivity index (χ3n) is 6.06. The van der Waals surface area contributed by atoms with Gasteiger partial charge in [0, 0.05) is 11.8 Å². The Morgan fingerprint density at radius 1 is 0.930 bits per heavy atom. The van der Waals surface area contributed by atoms with Gasteiger partial charge in [-0.05, 0) is 100 Å². The van der Waals surface area contributed by atoms with E-state index in [9.17, 15) is 19.2 Å². The molecule has 5 amide bonds. The lowest BCUT2D eigenvalue weighted by molar-refractivity contribution is -0.122. The van der Waals surface area contributed by atoms with Crippen LogP contribution in [0, 0.1) is 6.92 Å². The molecule has 0 atom stereocenters. The molecular weight excluding hydrogens is 686 g/mol. The summed E-state index contributed by atoms with van der Waals surface area (Å²) in [6.45, 7) is 6.30. The normalized spacial score (nSPS) is 14.0. The van der Waals surface area contributed by atoms with Crippen LogP contribution in [0.2, 0.25) is 0 Å². The molecule has 4 rings (SSSR count). The average molecular weight is 715 g/mol. The Hall–Kier alpha value is -4.16. The molecule has 0 radical (unpaired) electrons. The van der Waals surface area contributed by atoms with E-state index in [2.05, 4.69) is 42.5 Å². The molecule has 224 valence electrons. The van der Waals surface area contributed by atoms with Crippen LogP contribution in [0.3, 0.4) is 0 Å². The second-order valence-electron chi connectivity index (χ2n) is 9.39. The molecule has 0 saturated carbocycles. The fourth-order valence-electron chi connectivity index (χ4n) is 4.07. The van der Waals surface area contributed by atoms with E-state index in [1.165, 1.54) is 12.1 Å². The Labute approximate surface area is 265 Å². The molecule has 1 heterocycles. The monoisotopic (exact) mass is 713 g/mol. The van der Waals surface area contributed by atoms with Gasteiger partial charge >= 0.3 is 6.03 Å². The highest BCUT2D eigenvalue weighted by molar-refractivity contribution is 9.11. The van der Waals surface area contributed by atoms with Crippen molar-refractivity contribution in [1.82, 2.24) is 5.32 Å². The summed E-state index contributed by atoms with van der Waals surface area (Å²) < 4.78 is 18.0. The minimum absolute atomic E-state index is 0.211. The van der Waals surface area contributed by atoms with Crippen molar-refractivity contribution in [2.24, 2.45) is 0 Å². The molecule has 2 N–H and O–H groups in total. The second-order valence-corrected chi connectivity index (χ2v) is 11.1. The zero-order valence-electron chi connectivity index (χ0n) is 23.7. The zero-order valence-corrected chi connectivity index (χ0v) is 26.8. The summed E-state index contributed by atoms with van der Waals surface area (Å²) in [5.41, 5.74) is 2.14. The number of urea groups is 1. The third-order valence-corrected chi connectivity index (χ3v) is 7.24. The Balaban J connectivity index is 1.54. The van der Waals surface area contributed by atoms with Gasteiger partial charge < -0.3 is 19.5 Å². The van der Waals surface area contributed by atoms with Crippen molar-refractivity contribution < 1.29 is 33.4 Å². The van der Waals surface area contributed by atoms with Crippen molar-refractivity contribution in [3.05, 3.63) is 80.2 Å². The van der Waals surface area contributed by atoms with Crippen LogP contribution in [-0.2, 0) is 14.4 Å². The number of ether oxygens (including phenoxy) is 3. The zero-order chi connectivity index (χ0) is 31.1. The van der Waals surface area contributed by atoms with Gasteiger partial charge in [-0.3, -0.25) is 19.7 Å². The van der Waals surface area contributed by atoms with Crippen LogP contribution in [0.4, 0.5) is 16.2 Å². The number of aryl methyl sites for hydroxylation is 1. The van der Waals surface area contributed by atoms with Crippen molar-refractivity contribution in [3.8, 4) is 17.2 Å². The first kappa shape index (κ1) is 31.8. The molecule has 1 aliphatic heterocycles. The fourth-order valence-corrected chi connectivity index (χ4v) is 5.52. The van der Waals surface area contributed by atoms with E-state index in [0.29, 0.717) is 50.7 Å². The quantitative estimate of drug-likeness (QED) is 0.174. The SMILES string of the molecule is CCCOc1ccc(N2C(=O)NC(=O)/C(=C\c3cc(Br)c(OCC(=O)Nc4ccc(C)cc4)c(Br)c3)C2=O)cc1OCC. The van der Waals surface area contributed by atoms with Crippen molar-refractivity contribution in [3.63, 3.8) is 0 Å². The molecule has 1 saturated heterocycles. The largest absolute Gasteiger partial charge is 0.490 e. The van der Waals surface area contributed by atoms with Crippen LogP contribution < -0.4 is 29.7 Å². The highest BCUT2D eigenvalue weighted by Crippen LogP contribution is 2.37. The number of carbonyl (C=O) groups is 4. The van der Waals surface area contributed by atoms with E-state index < -0.39 is 17.8 Å². The van der Waals surface area contributed by atoms with Gasteiger partial charge in [-0.15, -0.1) is 0 Å². The molecule has 0 unspecified atom stereocenters. The number of amides is 5. The number of hydrogen-bond acceptors (Lipinski definition) is 7. The summed E-state index contributed by atoms with van der Waals surface area (Å²) in [6, 6.07) is 14.4. The van der Waals surface area contributed by atoms with E-state index in [1.807, 2.05) is 26.0 Å². The number of anilines is 2. The van der Waals surface area contributed by atoms with Crippen LogP contribution >= 0.6 is 31.9 Å². The fraction of sp³-hybridized carbons (Fsp3) is 0.226. The Kier molecular flexibility index (Phi) is 10.6. The molecule has 0 aliphatic carbocycles. The Morgan fingerprint density at radius 2 is 1.63 bits per heavy atom. The van der Waals surface area contributed by atoms with Gasteiger partial charge in [0.1, 0.15) is 11.3 Å². The van der Waals surface area contributed by atoms with Gasteiger partial charge in [0.2, 0.25) is 0 Å². The van der Waals surface area contributed by atoms with Gasteiger partial charge in [0.25, 0.3) is 17.7 Å². The van der Waals surface area contributed by atoms with Crippen molar-refractivity contribution in [2.45, 2.75) is 27.2 Å². The molecule has 3 aromatic rings. The van der Waals surface area contributed by atoms with Crippen LogP contribution in [0.25, 0.3) is 6.08 Å². The first-order chi connectivity index (χ1) is 20.6. The molecule has 0 bridgehead atoms. The first-order valence-electron chi connectivity index (χ1n) is 13.4. The maximum atomic E-state index is 13.5. The van der Waals surface area contributed by atoms with Gasteiger partial charge in [0.15, 0.2) is 18.1 Å². The van der Waals surface area contributed by atoms with E-state index in [4.69, 9.17) is 14.2 Å². The summed E-state index contributed by atoms with van der Waals surface area (Å²) >= 11 is 6.86. The molecule has 12 heteroatoms. The standard InChI is InChI=1S/C31H29Br2N3O7/c1-4-12-42-25-11-10-21(16-26(25)41-5-2)36-30(39)22(29(38)35-31(36)40)13-19-14-23(32)28(24(33)15-19)43-17-27(37)34-20-8-6-18(3)7-9-20/h6-11,13-16H,4-5,12,17H2,1-3H3,(H,34,37)(H,35,38,40)/b22-13+. The maximum Gasteiger partial charge on any atom is 0.335 e. The second kappa shape index (κ2) is 14.3. The third kappa shape index (κ3) is 7.82. The molecule has 1 fully saturated rings. The summed E-state index contributed by atoms with van der Waals surface area (Å²) in [7, 11) is 0. The molecule has 10 nitrogen and oxygen atoms in total. The van der Waals surface area contributed by atoms with Crippen LogP contribution in [0.5, 0.6) is 17.2 Å². The predicted octanol–water partition coefficient (Wildman–Crippen LogP) is 6.39. The first-order valence-corrected chi connectivity index (χ1v) is 15.0. The van der Waals surface area contributed by atoms with Gasteiger partial charge in [-0.1, -0.05) is 24.6 Å². The van der Waals surface area contributed by atoms with Crippen LogP contribution in [-0.4, -0.2) is 43.6 Å². The number of nitrogens with zero attached hydrogens (tertiary/aromatic N) is 1. The number of halogens is 2. The highest BCUT2D eigenvalue weighted by Gasteiger charge is 2.37. The van der Waals surface area contributed by atoms with Gasteiger partial charge in [0.05, 0.1) is 27.8 Å². The Morgan fingerprint density at radius 3 is 2.28 bits per heavy atom. The summed E-state index contributed by atoms with van der Waals surface area (Å²) in [5, 5.41) is 4.98.